The van der Waals surface area contributed by atoms with Gasteiger partial charge in [-0.05, 0) is 57.8 Å². The van der Waals surface area contributed by atoms with Crippen LogP contribution in [0.4, 0.5) is 0 Å². The van der Waals surface area contributed by atoms with Gasteiger partial charge in [0.05, 0.1) is 18.8 Å². The predicted molar refractivity (Wildman–Crippen MR) is 327 cm³/mol. The highest BCUT2D eigenvalue weighted by atomic mass is 16.3. The first kappa shape index (κ1) is 71.6. The maximum Gasteiger partial charge on any atom is 0.220 e. The van der Waals surface area contributed by atoms with Gasteiger partial charge in [0, 0.05) is 6.42 Å². The number of hydrogen-bond donors (Lipinski definition) is 3. The summed E-state index contributed by atoms with van der Waals surface area (Å²) in [5, 5.41) is 23.2. The van der Waals surface area contributed by atoms with Gasteiger partial charge in [-0.15, -0.1) is 0 Å². The summed E-state index contributed by atoms with van der Waals surface area (Å²) < 4.78 is 0. The lowest BCUT2D eigenvalue weighted by atomic mass is 10.0. The van der Waals surface area contributed by atoms with Crippen molar-refractivity contribution in [3.63, 3.8) is 0 Å². The van der Waals surface area contributed by atoms with E-state index in [0.717, 1.165) is 32.1 Å². The quantitative estimate of drug-likeness (QED) is 0.0420. The summed E-state index contributed by atoms with van der Waals surface area (Å²) in [5.74, 6) is -0.0667. The molecule has 0 fully saturated rings. The minimum absolute atomic E-state index is 0.0667. The number of allylic oxidation sites excluding steroid dienone is 5. The number of rotatable bonds is 63. The molecule has 73 heavy (non-hydrogen) atoms. The zero-order chi connectivity index (χ0) is 52.7. The van der Waals surface area contributed by atoms with Gasteiger partial charge in [-0.2, -0.15) is 0 Å². The molecule has 0 radical (unpaired) electrons. The van der Waals surface area contributed by atoms with Crippen LogP contribution in [-0.2, 0) is 4.79 Å². The number of carbonyl (C=O) groups is 1. The van der Waals surface area contributed by atoms with Gasteiger partial charge in [0.1, 0.15) is 0 Å². The Balaban J connectivity index is 3.44. The molecule has 0 spiro atoms. The molecule has 4 heteroatoms. The monoisotopic (exact) mass is 1020 g/mol. The second kappa shape index (κ2) is 64.9. The van der Waals surface area contributed by atoms with Crippen LogP contribution < -0.4 is 5.32 Å². The number of carbonyl (C=O) groups excluding carboxylic acids is 1. The lowest BCUT2D eigenvalue weighted by Crippen LogP contribution is -2.45. The first-order valence-corrected chi connectivity index (χ1v) is 33.7. The summed E-state index contributed by atoms with van der Waals surface area (Å²) in [6.45, 7) is 4.34. The van der Waals surface area contributed by atoms with Crippen LogP contribution in [-0.4, -0.2) is 34.9 Å². The molecule has 0 rings (SSSR count). The highest BCUT2D eigenvalue weighted by Crippen LogP contribution is 2.18. The Kier molecular flexibility index (Phi) is 63.7. The van der Waals surface area contributed by atoms with E-state index in [0.29, 0.717) is 6.42 Å². The number of nitrogens with one attached hydrogen (secondary N) is 1. The van der Waals surface area contributed by atoms with E-state index in [4.69, 9.17) is 0 Å². The number of unbranched alkanes of at least 4 members (excludes halogenated alkanes) is 52. The van der Waals surface area contributed by atoms with Crippen molar-refractivity contribution in [3.05, 3.63) is 36.5 Å². The molecule has 0 aliphatic rings. The van der Waals surface area contributed by atoms with Crippen molar-refractivity contribution in [1.82, 2.24) is 5.32 Å². The van der Waals surface area contributed by atoms with E-state index >= 15 is 0 Å². The van der Waals surface area contributed by atoms with Crippen LogP contribution in [0.25, 0.3) is 0 Å². The molecule has 0 aliphatic heterocycles. The van der Waals surface area contributed by atoms with Crippen LogP contribution in [0.3, 0.4) is 0 Å². The molecule has 0 aromatic carbocycles. The van der Waals surface area contributed by atoms with E-state index in [1.807, 2.05) is 6.08 Å². The second-order valence-corrected chi connectivity index (χ2v) is 23.2. The zero-order valence-corrected chi connectivity index (χ0v) is 49.9. The van der Waals surface area contributed by atoms with Crippen LogP contribution in [0.1, 0.15) is 380 Å². The Morgan fingerprint density at radius 1 is 0.315 bits per heavy atom. The molecular weight excluding hydrogens is 891 g/mol. The SMILES string of the molecule is CCCCCCCCCCCCCCCCCC/C=C\CCCCCCCCCCCCCCCCCCCC(=O)NC(CO)C(O)/C=C/CC/C=C/CCCCCCCCCCCCCCCCCCCC. The molecule has 0 heterocycles. The second-order valence-electron chi connectivity index (χ2n) is 23.2. The molecule has 0 aromatic rings. The van der Waals surface area contributed by atoms with E-state index in [1.165, 1.54) is 327 Å². The van der Waals surface area contributed by atoms with Gasteiger partial charge < -0.3 is 15.5 Å². The van der Waals surface area contributed by atoms with Gasteiger partial charge in [-0.25, -0.2) is 0 Å². The van der Waals surface area contributed by atoms with Crippen molar-refractivity contribution in [2.24, 2.45) is 0 Å². The van der Waals surface area contributed by atoms with Gasteiger partial charge in [-0.1, -0.05) is 352 Å². The summed E-state index contributed by atoms with van der Waals surface area (Å²) >= 11 is 0. The van der Waals surface area contributed by atoms with Crippen LogP contribution in [0.15, 0.2) is 36.5 Å². The van der Waals surface area contributed by atoms with Crippen molar-refractivity contribution in [2.75, 3.05) is 6.61 Å². The Labute approximate surface area is 459 Å². The molecule has 0 aliphatic carbocycles. The van der Waals surface area contributed by atoms with Crippen molar-refractivity contribution in [2.45, 2.75) is 392 Å². The molecule has 3 N–H and O–H groups in total. The van der Waals surface area contributed by atoms with E-state index in [2.05, 4.69) is 43.5 Å². The van der Waals surface area contributed by atoms with Gasteiger partial charge in [-0.3, -0.25) is 4.79 Å². The standard InChI is InChI=1S/C69H133NO3/c1-3-5-7-9-11-13-15-17-19-21-23-25-27-29-30-31-32-33-34-35-36-37-38-39-40-41-43-45-47-49-51-53-55-57-59-61-63-65-69(73)70-67(66-71)68(72)64-62-60-58-56-54-52-50-48-46-44-42-28-26-24-22-20-18-16-14-12-10-8-6-4-2/h33-34,54,56,62,64,67-68,71-72H,3-32,35-53,55,57-61,63,65-66H2,1-2H3,(H,70,73)/b34-33-,56-54+,64-62+. The summed E-state index contributed by atoms with van der Waals surface area (Å²) in [6, 6.07) is -0.639. The maximum atomic E-state index is 12.5. The molecule has 0 saturated carbocycles. The van der Waals surface area contributed by atoms with E-state index in [1.54, 1.807) is 6.08 Å². The van der Waals surface area contributed by atoms with Crippen LogP contribution in [0, 0.1) is 0 Å². The number of aliphatic hydroxyl groups excluding tert-OH is 2. The molecular formula is C69H133NO3. The highest BCUT2D eigenvalue weighted by molar-refractivity contribution is 5.76. The molecule has 0 saturated heterocycles. The van der Waals surface area contributed by atoms with Gasteiger partial charge in [0.15, 0.2) is 0 Å². The Bertz CT molecular complexity index is 1110. The number of aliphatic hydroxyl groups is 2. The number of amides is 1. The van der Waals surface area contributed by atoms with Crippen LogP contribution in [0.5, 0.6) is 0 Å². The van der Waals surface area contributed by atoms with E-state index in [-0.39, 0.29) is 12.5 Å². The molecule has 432 valence electrons. The molecule has 2 atom stereocenters. The zero-order valence-electron chi connectivity index (χ0n) is 49.9. The third-order valence-electron chi connectivity index (χ3n) is 15.8. The lowest BCUT2D eigenvalue weighted by Gasteiger charge is -2.19. The smallest absolute Gasteiger partial charge is 0.220 e. The summed E-state index contributed by atoms with van der Waals surface area (Å²) in [4.78, 5) is 12.5. The molecule has 1 amide bonds. The van der Waals surface area contributed by atoms with Crippen LogP contribution >= 0.6 is 0 Å². The van der Waals surface area contributed by atoms with Gasteiger partial charge in [0.25, 0.3) is 0 Å². The van der Waals surface area contributed by atoms with Crippen molar-refractivity contribution in [1.29, 1.82) is 0 Å². The Morgan fingerprint density at radius 3 is 0.795 bits per heavy atom. The maximum absolute atomic E-state index is 12.5. The van der Waals surface area contributed by atoms with Crippen LogP contribution in [0.2, 0.25) is 0 Å². The first-order chi connectivity index (χ1) is 36.2. The third-order valence-corrected chi connectivity index (χ3v) is 15.8. The Hall–Kier alpha value is -1.39. The van der Waals surface area contributed by atoms with E-state index < -0.39 is 12.1 Å². The molecule has 0 aromatic heterocycles. The minimum Gasteiger partial charge on any atom is -0.394 e. The van der Waals surface area contributed by atoms with Gasteiger partial charge >= 0.3 is 0 Å². The molecule has 4 nitrogen and oxygen atoms in total. The van der Waals surface area contributed by atoms with E-state index in [9.17, 15) is 15.0 Å². The van der Waals surface area contributed by atoms with Crippen molar-refractivity contribution < 1.29 is 15.0 Å². The van der Waals surface area contributed by atoms with Crippen molar-refractivity contribution >= 4 is 5.91 Å². The Morgan fingerprint density at radius 2 is 0.534 bits per heavy atom. The largest absolute Gasteiger partial charge is 0.394 e. The fraction of sp³-hybridized carbons (Fsp3) is 0.899. The predicted octanol–water partition coefficient (Wildman–Crippen LogP) is 22.8. The average molecular weight is 1020 g/mol. The fourth-order valence-corrected chi connectivity index (χ4v) is 10.7. The van der Waals surface area contributed by atoms with Gasteiger partial charge in [0.2, 0.25) is 5.91 Å². The first-order valence-electron chi connectivity index (χ1n) is 33.7. The highest BCUT2D eigenvalue weighted by Gasteiger charge is 2.18. The summed E-state index contributed by atoms with van der Waals surface area (Å²) in [6.07, 6.45) is 89.4. The molecule has 2 unspecified atom stereocenters. The average Bonchev–Trinajstić information content (AvgIpc) is 3.40. The fourth-order valence-electron chi connectivity index (χ4n) is 10.7. The summed E-state index contributed by atoms with van der Waals surface area (Å²) in [5.41, 5.74) is 0. The minimum atomic E-state index is -0.862. The third kappa shape index (κ3) is 61.3. The molecule has 0 bridgehead atoms. The normalized spacial score (nSPS) is 12.9. The lowest BCUT2D eigenvalue weighted by molar-refractivity contribution is -0.123. The van der Waals surface area contributed by atoms with Crippen molar-refractivity contribution in [3.8, 4) is 0 Å². The number of hydrogen-bond acceptors (Lipinski definition) is 3. The summed E-state index contributed by atoms with van der Waals surface area (Å²) in [7, 11) is 0. The topological polar surface area (TPSA) is 69.6 Å².